The van der Waals surface area contributed by atoms with Gasteiger partial charge in [0.15, 0.2) is 0 Å². The summed E-state index contributed by atoms with van der Waals surface area (Å²) in [4.78, 5) is 15.1. The van der Waals surface area contributed by atoms with Gasteiger partial charge in [0.25, 0.3) is 5.91 Å². The summed E-state index contributed by atoms with van der Waals surface area (Å²) in [6.45, 7) is 10.1. The fourth-order valence-electron chi connectivity index (χ4n) is 3.32. The maximum Gasteiger partial charge on any atom is 0.272 e. The first-order valence-corrected chi connectivity index (χ1v) is 11.6. The number of nitrogens with one attached hydrogen (secondary N) is 1. The predicted molar refractivity (Wildman–Crippen MR) is 120 cm³/mol. The zero-order chi connectivity index (χ0) is 21.1. The summed E-state index contributed by atoms with van der Waals surface area (Å²) in [7, 11) is 0. The first-order valence-electron chi connectivity index (χ1n) is 10.8. The zero-order valence-corrected chi connectivity index (χ0v) is 19.6. The Labute approximate surface area is 183 Å². The van der Waals surface area contributed by atoms with E-state index in [1.807, 2.05) is 6.20 Å². The fourth-order valence-corrected chi connectivity index (χ4v) is 3.65. The van der Waals surface area contributed by atoms with Crippen LogP contribution < -0.4 is 5.32 Å². The van der Waals surface area contributed by atoms with Crippen LogP contribution in [0.3, 0.4) is 0 Å². The third-order valence-electron chi connectivity index (χ3n) is 4.83. The van der Waals surface area contributed by atoms with E-state index < -0.39 is 0 Å². The molecule has 0 aliphatic carbocycles. The Morgan fingerprint density at radius 3 is 2.45 bits per heavy atom. The van der Waals surface area contributed by atoms with E-state index >= 15 is 0 Å². The number of unbranched alkanes of at least 4 members (excludes halogenated alkanes) is 4. The second kappa shape index (κ2) is 12.8. The van der Waals surface area contributed by atoms with Crippen molar-refractivity contribution in [1.29, 1.82) is 0 Å². The first kappa shape index (κ1) is 23.6. The van der Waals surface area contributed by atoms with E-state index in [2.05, 4.69) is 57.1 Å². The van der Waals surface area contributed by atoms with Crippen LogP contribution in [-0.4, -0.2) is 56.0 Å². The maximum absolute atomic E-state index is 12.6. The summed E-state index contributed by atoms with van der Waals surface area (Å²) >= 11 is 3.38. The minimum absolute atomic E-state index is 0.0815. The fraction of sp³-hybridized carbons (Fsp3) is 0.667. The maximum atomic E-state index is 12.6. The molecule has 2 heterocycles. The molecule has 0 saturated heterocycles. The average molecular weight is 467 g/mol. The van der Waals surface area contributed by atoms with E-state index in [1.165, 1.54) is 38.5 Å². The van der Waals surface area contributed by atoms with E-state index in [0.29, 0.717) is 12.4 Å². The lowest BCUT2D eigenvalue weighted by Gasteiger charge is -2.26. The van der Waals surface area contributed by atoms with Crippen molar-refractivity contribution in [2.45, 2.75) is 72.0 Å². The van der Waals surface area contributed by atoms with Gasteiger partial charge >= 0.3 is 0 Å². The van der Waals surface area contributed by atoms with E-state index in [9.17, 15) is 4.79 Å². The van der Waals surface area contributed by atoms with Gasteiger partial charge in [0.2, 0.25) is 0 Å². The van der Waals surface area contributed by atoms with E-state index in [4.69, 9.17) is 0 Å². The lowest BCUT2D eigenvalue weighted by molar-refractivity contribution is 0.0922. The van der Waals surface area contributed by atoms with Gasteiger partial charge < -0.3 is 10.2 Å². The van der Waals surface area contributed by atoms with Crippen molar-refractivity contribution < 1.29 is 4.79 Å². The normalized spacial score (nSPS) is 12.4. The minimum atomic E-state index is -0.125. The minimum Gasteiger partial charge on any atom is -0.347 e. The van der Waals surface area contributed by atoms with Gasteiger partial charge in [-0.3, -0.25) is 9.48 Å². The molecular formula is C21H35BrN6O. The van der Waals surface area contributed by atoms with Crippen LogP contribution >= 0.6 is 15.9 Å². The molecule has 0 aliphatic rings. The highest BCUT2D eigenvalue weighted by Crippen LogP contribution is 2.07. The summed E-state index contributed by atoms with van der Waals surface area (Å²) in [6, 6.07) is 1.83. The number of hydrogen-bond donors (Lipinski definition) is 1. The van der Waals surface area contributed by atoms with Crippen molar-refractivity contribution in [3.63, 3.8) is 0 Å². The van der Waals surface area contributed by atoms with Crippen LogP contribution in [0, 0.1) is 0 Å². The number of carbonyl (C=O) groups is 1. The molecule has 2 rings (SSSR count). The summed E-state index contributed by atoms with van der Waals surface area (Å²) in [5.41, 5.74) is 0.437. The summed E-state index contributed by atoms with van der Waals surface area (Å²) in [5.74, 6) is -0.125. The Hall–Kier alpha value is -1.67. The van der Waals surface area contributed by atoms with Gasteiger partial charge in [-0.15, -0.1) is 0 Å². The highest BCUT2D eigenvalue weighted by atomic mass is 79.9. The molecule has 7 nitrogen and oxygen atoms in total. The number of amides is 1. The molecule has 0 fully saturated rings. The van der Waals surface area contributed by atoms with Crippen LogP contribution in [0.2, 0.25) is 0 Å². The molecule has 0 aromatic carbocycles. The molecule has 0 bridgehead atoms. The molecule has 2 aromatic rings. The van der Waals surface area contributed by atoms with Crippen LogP contribution in [0.1, 0.15) is 69.8 Å². The smallest absolute Gasteiger partial charge is 0.272 e. The van der Waals surface area contributed by atoms with Gasteiger partial charge in [-0.2, -0.15) is 10.2 Å². The number of aromatic nitrogens is 4. The molecule has 1 N–H and O–H groups in total. The topological polar surface area (TPSA) is 68.0 Å². The Morgan fingerprint density at radius 2 is 1.86 bits per heavy atom. The van der Waals surface area contributed by atoms with Crippen molar-refractivity contribution in [2.24, 2.45) is 0 Å². The third-order valence-corrected chi connectivity index (χ3v) is 5.24. The molecule has 8 heteroatoms. The zero-order valence-electron chi connectivity index (χ0n) is 18.0. The number of rotatable bonds is 14. The summed E-state index contributed by atoms with van der Waals surface area (Å²) in [5, 5.41) is 11.7. The first-order chi connectivity index (χ1) is 14.0. The second-order valence-electron chi connectivity index (χ2n) is 7.67. The molecule has 0 radical (unpaired) electrons. The van der Waals surface area contributed by atoms with Gasteiger partial charge in [-0.1, -0.05) is 39.5 Å². The Bertz CT molecular complexity index is 718. The standard InChI is InChI=1S/C21H35BrN6O/c1-4-6-8-11-26(12-9-7-5-2)15-18(3)24-21(29)20-10-13-27(25-20)17-28-16-19(22)14-23-28/h10,13-14,16,18H,4-9,11-12,15,17H2,1-3H3,(H,24,29). The second-order valence-corrected chi connectivity index (χ2v) is 8.58. The lowest BCUT2D eigenvalue weighted by Crippen LogP contribution is -2.42. The third kappa shape index (κ3) is 8.70. The molecule has 0 spiro atoms. The molecule has 1 atom stereocenters. The van der Waals surface area contributed by atoms with Crippen molar-refractivity contribution in [3.05, 3.63) is 34.8 Å². The molecule has 0 saturated carbocycles. The van der Waals surface area contributed by atoms with Crippen molar-refractivity contribution in [1.82, 2.24) is 29.8 Å². The van der Waals surface area contributed by atoms with Crippen LogP contribution in [0.5, 0.6) is 0 Å². The molecule has 1 amide bonds. The van der Waals surface area contributed by atoms with Crippen LogP contribution in [-0.2, 0) is 6.67 Å². The van der Waals surface area contributed by atoms with Gasteiger partial charge in [-0.05, 0) is 54.9 Å². The Morgan fingerprint density at radius 1 is 1.17 bits per heavy atom. The average Bonchev–Trinajstić information content (AvgIpc) is 3.31. The van der Waals surface area contributed by atoms with Gasteiger partial charge in [-0.25, -0.2) is 4.68 Å². The van der Waals surface area contributed by atoms with Gasteiger partial charge in [0.05, 0.1) is 10.7 Å². The van der Waals surface area contributed by atoms with Crippen LogP contribution in [0.15, 0.2) is 29.1 Å². The number of carbonyl (C=O) groups excluding carboxylic acids is 1. The summed E-state index contributed by atoms with van der Waals surface area (Å²) in [6.07, 6.45) is 12.8. The molecule has 2 aromatic heterocycles. The monoisotopic (exact) mass is 466 g/mol. The largest absolute Gasteiger partial charge is 0.347 e. The summed E-state index contributed by atoms with van der Waals surface area (Å²) < 4.78 is 4.38. The Kier molecular flexibility index (Phi) is 10.4. The molecular weight excluding hydrogens is 432 g/mol. The van der Waals surface area contributed by atoms with E-state index in [-0.39, 0.29) is 11.9 Å². The SMILES string of the molecule is CCCCCN(CCCCC)CC(C)NC(=O)c1ccn(Cn2cc(Br)cn2)n1. The van der Waals surface area contributed by atoms with Gasteiger partial charge in [0.1, 0.15) is 12.4 Å². The molecule has 1 unspecified atom stereocenters. The van der Waals surface area contributed by atoms with Crippen LogP contribution in [0.4, 0.5) is 0 Å². The van der Waals surface area contributed by atoms with Crippen LogP contribution in [0.25, 0.3) is 0 Å². The van der Waals surface area contributed by atoms with Crippen molar-refractivity contribution >= 4 is 21.8 Å². The highest BCUT2D eigenvalue weighted by molar-refractivity contribution is 9.10. The van der Waals surface area contributed by atoms with Gasteiger partial charge in [0, 0.05) is 25.0 Å². The number of nitrogens with zero attached hydrogens (tertiary/aromatic N) is 5. The van der Waals surface area contributed by atoms with E-state index in [1.54, 1.807) is 27.8 Å². The van der Waals surface area contributed by atoms with Crippen molar-refractivity contribution in [3.8, 4) is 0 Å². The quantitative estimate of drug-likeness (QED) is 0.424. The predicted octanol–water partition coefficient (Wildman–Crippen LogP) is 4.15. The highest BCUT2D eigenvalue weighted by Gasteiger charge is 2.15. The van der Waals surface area contributed by atoms with Crippen molar-refractivity contribution in [2.75, 3.05) is 19.6 Å². The lowest BCUT2D eigenvalue weighted by atomic mass is 10.2. The number of hydrogen-bond acceptors (Lipinski definition) is 4. The molecule has 162 valence electrons. The molecule has 29 heavy (non-hydrogen) atoms. The Balaban J connectivity index is 1.83. The van der Waals surface area contributed by atoms with E-state index in [0.717, 1.165) is 24.1 Å². The molecule has 0 aliphatic heterocycles. The number of halogens is 1.